The van der Waals surface area contributed by atoms with Gasteiger partial charge in [-0.25, -0.2) is 0 Å². The van der Waals surface area contributed by atoms with Gasteiger partial charge in [0, 0.05) is 6.54 Å². The number of aryl methyl sites for hydroxylation is 2. The van der Waals surface area contributed by atoms with E-state index >= 15 is 0 Å². The molecule has 1 atom stereocenters. The van der Waals surface area contributed by atoms with Gasteiger partial charge in [0.25, 0.3) is 5.91 Å². The number of allylic oxidation sites excluding steroid dienone is 1. The molecule has 2 rings (SSSR count). The van der Waals surface area contributed by atoms with E-state index in [1.54, 1.807) is 0 Å². The van der Waals surface area contributed by atoms with Gasteiger partial charge >= 0.3 is 0 Å². The minimum Gasteiger partial charge on any atom is -0.481 e. The Bertz CT molecular complexity index is 590. The molecule has 0 unspecified atom stereocenters. The maximum absolute atomic E-state index is 12.2. The van der Waals surface area contributed by atoms with Gasteiger partial charge in [0.15, 0.2) is 6.10 Å². The Kier molecular flexibility index (Phi) is 6.26. The van der Waals surface area contributed by atoms with Crippen LogP contribution < -0.4 is 10.1 Å². The van der Waals surface area contributed by atoms with Crippen LogP contribution in [0.2, 0.25) is 0 Å². The number of hydrogen-bond acceptors (Lipinski definition) is 2. The number of carbonyl (C=O) groups is 1. The zero-order valence-corrected chi connectivity index (χ0v) is 14.9. The summed E-state index contributed by atoms with van der Waals surface area (Å²) in [4.78, 5) is 12.2. The monoisotopic (exact) mass is 315 g/mol. The molecule has 1 aromatic carbocycles. The first-order valence-corrected chi connectivity index (χ1v) is 8.67. The topological polar surface area (TPSA) is 38.3 Å². The van der Waals surface area contributed by atoms with E-state index in [1.165, 1.54) is 36.8 Å². The fraction of sp³-hybridized carbons (Fsp3) is 0.550. The third-order valence-corrected chi connectivity index (χ3v) is 4.57. The summed E-state index contributed by atoms with van der Waals surface area (Å²) < 4.78 is 5.88. The predicted molar refractivity (Wildman–Crippen MR) is 94.9 cm³/mol. The number of carbonyl (C=O) groups excluding carboxylic acids is 1. The van der Waals surface area contributed by atoms with E-state index in [1.807, 2.05) is 26.8 Å². The van der Waals surface area contributed by atoms with Crippen LogP contribution in [0.25, 0.3) is 0 Å². The molecule has 0 saturated carbocycles. The van der Waals surface area contributed by atoms with E-state index in [4.69, 9.17) is 4.74 Å². The number of rotatable bonds is 6. The van der Waals surface area contributed by atoms with Crippen LogP contribution in [0.4, 0.5) is 0 Å². The van der Waals surface area contributed by atoms with Crippen molar-refractivity contribution in [3.05, 3.63) is 40.5 Å². The maximum Gasteiger partial charge on any atom is 0.260 e. The van der Waals surface area contributed by atoms with Crippen LogP contribution in [-0.2, 0) is 4.79 Å². The average Bonchev–Trinajstić information content (AvgIpc) is 2.53. The van der Waals surface area contributed by atoms with Crippen molar-refractivity contribution < 1.29 is 9.53 Å². The summed E-state index contributed by atoms with van der Waals surface area (Å²) in [5, 5.41) is 2.99. The highest BCUT2D eigenvalue weighted by Gasteiger charge is 2.16. The Labute approximate surface area is 140 Å². The molecule has 1 N–H and O–H groups in total. The molecule has 0 heterocycles. The molecule has 0 spiro atoms. The smallest absolute Gasteiger partial charge is 0.260 e. The van der Waals surface area contributed by atoms with Crippen molar-refractivity contribution >= 4 is 5.91 Å². The van der Waals surface area contributed by atoms with Crippen LogP contribution in [0.1, 0.15) is 55.7 Å². The largest absolute Gasteiger partial charge is 0.481 e. The van der Waals surface area contributed by atoms with Crippen LogP contribution >= 0.6 is 0 Å². The van der Waals surface area contributed by atoms with Gasteiger partial charge in [-0.2, -0.15) is 0 Å². The highest BCUT2D eigenvalue weighted by atomic mass is 16.5. The third kappa shape index (κ3) is 5.12. The Balaban J connectivity index is 1.84. The minimum atomic E-state index is -0.477. The Morgan fingerprint density at radius 2 is 2.04 bits per heavy atom. The van der Waals surface area contributed by atoms with Crippen molar-refractivity contribution in [2.24, 2.45) is 0 Å². The second-order valence-electron chi connectivity index (χ2n) is 6.61. The van der Waals surface area contributed by atoms with Gasteiger partial charge in [-0.3, -0.25) is 4.79 Å². The zero-order chi connectivity index (χ0) is 16.8. The number of ether oxygens (including phenoxy) is 1. The number of benzene rings is 1. The molecule has 1 aromatic rings. The molecular formula is C20H29NO2. The lowest BCUT2D eigenvalue weighted by atomic mass is 9.97. The minimum absolute atomic E-state index is 0.0417. The summed E-state index contributed by atoms with van der Waals surface area (Å²) >= 11 is 0. The fourth-order valence-corrected chi connectivity index (χ4v) is 2.99. The number of hydrogen-bond donors (Lipinski definition) is 1. The predicted octanol–water partition coefficient (Wildman–Crippen LogP) is 4.39. The molecular weight excluding hydrogens is 286 g/mol. The van der Waals surface area contributed by atoms with Gasteiger partial charge in [-0.15, -0.1) is 0 Å². The SMILES string of the molecule is Cc1cc(C)c(C)c(O[C@H](C)C(=O)NCCC2=CCCCC2)c1. The molecule has 0 aromatic heterocycles. The van der Waals surface area contributed by atoms with E-state index in [2.05, 4.69) is 24.4 Å². The lowest BCUT2D eigenvalue weighted by Gasteiger charge is -2.18. The molecule has 0 fully saturated rings. The molecule has 3 nitrogen and oxygen atoms in total. The van der Waals surface area contributed by atoms with Crippen molar-refractivity contribution in [1.29, 1.82) is 0 Å². The third-order valence-electron chi connectivity index (χ3n) is 4.57. The highest BCUT2D eigenvalue weighted by Crippen LogP contribution is 2.24. The maximum atomic E-state index is 12.2. The van der Waals surface area contributed by atoms with E-state index in [0.29, 0.717) is 6.54 Å². The second-order valence-corrected chi connectivity index (χ2v) is 6.61. The van der Waals surface area contributed by atoms with Crippen LogP contribution in [0.3, 0.4) is 0 Å². The Hall–Kier alpha value is -1.77. The highest BCUT2D eigenvalue weighted by molar-refractivity contribution is 5.80. The van der Waals surface area contributed by atoms with Gasteiger partial charge in [0.05, 0.1) is 0 Å². The van der Waals surface area contributed by atoms with E-state index in [-0.39, 0.29) is 5.91 Å². The van der Waals surface area contributed by atoms with Crippen LogP contribution in [0.5, 0.6) is 5.75 Å². The zero-order valence-electron chi connectivity index (χ0n) is 14.9. The Morgan fingerprint density at radius 3 is 2.74 bits per heavy atom. The summed E-state index contributed by atoms with van der Waals surface area (Å²) in [5.74, 6) is 0.764. The lowest BCUT2D eigenvalue weighted by molar-refractivity contribution is -0.127. The van der Waals surface area contributed by atoms with Crippen molar-refractivity contribution in [3.63, 3.8) is 0 Å². The second kappa shape index (κ2) is 8.19. The molecule has 0 radical (unpaired) electrons. The molecule has 126 valence electrons. The van der Waals surface area contributed by atoms with Gasteiger partial charge in [-0.1, -0.05) is 17.7 Å². The molecule has 0 saturated heterocycles. The van der Waals surface area contributed by atoms with Gasteiger partial charge < -0.3 is 10.1 Å². The molecule has 1 aliphatic carbocycles. The molecule has 23 heavy (non-hydrogen) atoms. The first-order chi connectivity index (χ1) is 11.0. The van der Waals surface area contributed by atoms with E-state index < -0.39 is 6.10 Å². The molecule has 0 bridgehead atoms. The van der Waals surface area contributed by atoms with Gasteiger partial charge in [-0.05, 0) is 82.6 Å². The summed E-state index contributed by atoms with van der Waals surface area (Å²) in [6.45, 7) is 8.65. The van der Waals surface area contributed by atoms with Crippen molar-refractivity contribution in [2.45, 2.75) is 65.9 Å². The quantitative estimate of drug-likeness (QED) is 0.791. The van der Waals surface area contributed by atoms with Crippen molar-refractivity contribution in [2.75, 3.05) is 6.54 Å². The summed E-state index contributed by atoms with van der Waals surface area (Å²) in [7, 11) is 0. The molecule has 1 amide bonds. The van der Waals surface area contributed by atoms with Crippen LogP contribution in [-0.4, -0.2) is 18.6 Å². The summed E-state index contributed by atoms with van der Waals surface area (Å²) in [5.41, 5.74) is 4.93. The summed E-state index contributed by atoms with van der Waals surface area (Å²) in [6.07, 6.45) is 7.77. The Morgan fingerprint density at radius 1 is 1.26 bits per heavy atom. The molecule has 0 aliphatic heterocycles. The summed E-state index contributed by atoms with van der Waals surface area (Å²) in [6, 6.07) is 4.13. The van der Waals surface area contributed by atoms with E-state index in [9.17, 15) is 4.79 Å². The van der Waals surface area contributed by atoms with Crippen LogP contribution in [0, 0.1) is 20.8 Å². The van der Waals surface area contributed by atoms with Crippen molar-refractivity contribution in [3.8, 4) is 5.75 Å². The van der Waals surface area contributed by atoms with Crippen LogP contribution in [0.15, 0.2) is 23.8 Å². The van der Waals surface area contributed by atoms with Crippen molar-refractivity contribution in [1.82, 2.24) is 5.32 Å². The fourth-order valence-electron chi connectivity index (χ4n) is 2.99. The molecule has 3 heteroatoms. The molecule has 1 aliphatic rings. The first-order valence-electron chi connectivity index (χ1n) is 8.67. The standard InChI is InChI=1S/C20H29NO2/c1-14-12-15(2)16(3)19(13-14)23-17(4)20(22)21-11-10-18-8-6-5-7-9-18/h8,12-13,17H,5-7,9-11H2,1-4H3,(H,21,22)/t17-/m1/s1. The van der Waals surface area contributed by atoms with Gasteiger partial charge in [0.2, 0.25) is 0 Å². The number of nitrogens with one attached hydrogen (secondary N) is 1. The first kappa shape index (κ1) is 17.6. The van der Waals surface area contributed by atoms with E-state index in [0.717, 1.165) is 23.3 Å². The van der Waals surface area contributed by atoms with Gasteiger partial charge in [0.1, 0.15) is 5.75 Å². The normalized spacial score (nSPS) is 15.7. The lowest BCUT2D eigenvalue weighted by Crippen LogP contribution is -2.37. The number of amides is 1. The average molecular weight is 315 g/mol.